The number of likely N-dealkylation sites (tertiary alicyclic amines) is 1. The van der Waals surface area contributed by atoms with Gasteiger partial charge < -0.3 is 15.0 Å². The van der Waals surface area contributed by atoms with Crippen LogP contribution in [0.4, 0.5) is 11.4 Å². The third-order valence-electron chi connectivity index (χ3n) is 4.62. The summed E-state index contributed by atoms with van der Waals surface area (Å²) in [7, 11) is 1.41. The molecular weight excluding hydrogens is 378 g/mol. The maximum Gasteiger partial charge on any atom is 0.311 e. The molecule has 2 aromatic carbocycles. The molecule has 0 radical (unpaired) electrons. The van der Waals surface area contributed by atoms with Crippen molar-refractivity contribution in [3.63, 3.8) is 0 Å². The van der Waals surface area contributed by atoms with Crippen LogP contribution in [-0.4, -0.2) is 47.7 Å². The molecule has 148 valence electrons. The summed E-state index contributed by atoms with van der Waals surface area (Å²) in [6.07, 6.45) is 0.927. The molecule has 0 aliphatic carbocycles. The van der Waals surface area contributed by atoms with Gasteiger partial charge in [-0.25, -0.2) is 0 Å². The number of nitro groups is 1. The fourth-order valence-electron chi connectivity index (χ4n) is 3.19. The highest BCUT2D eigenvalue weighted by molar-refractivity contribution is 7.99. The van der Waals surface area contributed by atoms with E-state index in [-0.39, 0.29) is 23.4 Å². The smallest absolute Gasteiger partial charge is 0.311 e. The van der Waals surface area contributed by atoms with Crippen LogP contribution in [0.1, 0.15) is 12.0 Å². The van der Waals surface area contributed by atoms with Crippen LogP contribution in [0.3, 0.4) is 0 Å². The van der Waals surface area contributed by atoms with Gasteiger partial charge in [0.15, 0.2) is 5.75 Å². The average Bonchev–Trinajstić information content (AvgIpc) is 3.17. The van der Waals surface area contributed by atoms with Crippen LogP contribution in [0.15, 0.2) is 48.5 Å². The van der Waals surface area contributed by atoms with Crippen LogP contribution in [0, 0.1) is 10.1 Å². The molecule has 7 nitrogen and oxygen atoms in total. The fourth-order valence-corrected chi connectivity index (χ4v) is 4.06. The molecule has 1 atom stereocenters. The van der Waals surface area contributed by atoms with Crippen molar-refractivity contribution in [1.82, 2.24) is 4.90 Å². The second-order valence-corrected chi connectivity index (χ2v) is 7.58. The molecule has 1 aliphatic rings. The second kappa shape index (κ2) is 9.45. The lowest BCUT2D eigenvalue weighted by atomic mass is 10.2. The van der Waals surface area contributed by atoms with Crippen LogP contribution in [0.5, 0.6) is 5.75 Å². The number of nitrogens with one attached hydrogen (secondary N) is 1. The molecule has 1 amide bonds. The lowest BCUT2D eigenvalue weighted by molar-refractivity contribution is -0.385. The second-order valence-electron chi connectivity index (χ2n) is 6.59. The van der Waals surface area contributed by atoms with E-state index in [2.05, 4.69) is 5.32 Å². The van der Waals surface area contributed by atoms with Gasteiger partial charge in [0.2, 0.25) is 5.91 Å². The Morgan fingerprint density at radius 3 is 2.82 bits per heavy atom. The quantitative estimate of drug-likeness (QED) is 0.538. The van der Waals surface area contributed by atoms with Gasteiger partial charge in [-0.15, -0.1) is 11.8 Å². The fraction of sp³-hybridized carbons (Fsp3) is 0.350. The predicted octanol–water partition coefficient (Wildman–Crippen LogP) is 3.55. The van der Waals surface area contributed by atoms with E-state index in [0.29, 0.717) is 18.1 Å². The molecule has 1 saturated heterocycles. The zero-order valence-electron chi connectivity index (χ0n) is 15.7. The maximum atomic E-state index is 12.5. The first-order valence-electron chi connectivity index (χ1n) is 9.05. The molecule has 1 N–H and O–H groups in total. The molecule has 1 aliphatic heterocycles. The van der Waals surface area contributed by atoms with E-state index < -0.39 is 4.92 Å². The zero-order chi connectivity index (χ0) is 19.9. The Balaban J connectivity index is 1.46. The van der Waals surface area contributed by atoms with E-state index in [0.717, 1.165) is 24.2 Å². The summed E-state index contributed by atoms with van der Waals surface area (Å²) < 4.78 is 5.01. The Hall–Kier alpha value is -2.74. The van der Waals surface area contributed by atoms with Gasteiger partial charge in [0.05, 0.1) is 17.8 Å². The molecule has 1 unspecified atom stereocenters. The summed E-state index contributed by atoms with van der Waals surface area (Å²) in [5.41, 5.74) is 1.81. The first kappa shape index (κ1) is 20.0. The van der Waals surface area contributed by atoms with Crippen molar-refractivity contribution in [2.24, 2.45) is 0 Å². The highest BCUT2D eigenvalue weighted by Crippen LogP contribution is 2.29. The third kappa shape index (κ3) is 5.16. The van der Waals surface area contributed by atoms with Crippen molar-refractivity contribution in [2.45, 2.75) is 18.2 Å². The van der Waals surface area contributed by atoms with Gasteiger partial charge in [-0.2, -0.15) is 0 Å². The molecule has 0 spiro atoms. The van der Waals surface area contributed by atoms with E-state index in [1.54, 1.807) is 12.1 Å². The number of carbonyl (C=O) groups excluding carboxylic acids is 1. The Kier molecular flexibility index (Phi) is 6.76. The van der Waals surface area contributed by atoms with E-state index in [9.17, 15) is 14.9 Å². The summed E-state index contributed by atoms with van der Waals surface area (Å²) in [5.74, 6) is 1.24. The topological polar surface area (TPSA) is 84.7 Å². The molecule has 0 saturated carbocycles. The van der Waals surface area contributed by atoms with Gasteiger partial charge in [0.1, 0.15) is 0 Å². The van der Waals surface area contributed by atoms with Gasteiger partial charge in [0, 0.05) is 36.6 Å². The van der Waals surface area contributed by atoms with Crippen molar-refractivity contribution in [1.29, 1.82) is 0 Å². The van der Waals surface area contributed by atoms with Crippen LogP contribution in [0.25, 0.3) is 0 Å². The number of hydrogen-bond acceptors (Lipinski definition) is 6. The van der Waals surface area contributed by atoms with Crippen LogP contribution in [-0.2, 0) is 10.5 Å². The Labute approximate surface area is 168 Å². The molecule has 2 aromatic rings. The first-order chi connectivity index (χ1) is 13.6. The SMILES string of the molecule is COc1ccc(CSCC(=O)N2CCC(Nc3ccccc3)C2)cc1[N+](=O)[O-]. The highest BCUT2D eigenvalue weighted by atomic mass is 32.2. The molecule has 1 heterocycles. The normalized spacial score (nSPS) is 16.0. The number of benzene rings is 2. The molecule has 8 heteroatoms. The van der Waals surface area contributed by atoms with E-state index in [1.807, 2.05) is 35.2 Å². The minimum absolute atomic E-state index is 0.0544. The number of thioether (sulfide) groups is 1. The summed E-state index contributed by atoms with van der Waals surface area (Å²) in [4.78, 5) is 25.0. The minimum Gasteiger partial charge on any atom is -0.490 e. The minimum atomic E-state index is -0.456. The van der Waals surface area contributed by atoms with Crippen molar-refractivity contribution in [3.8, 4) is 5.75 Å². The van der Waals surface area contributed by atoms with Gasteiger partial charge in [-0.3, -0.25) is 14.9 Å². The van der Waals surface area contributed by atoms with E-state index >= 15 is 0 Å². The number of hydrogen-bond donors (Lipinski definition) is 1. The third-order valence-corrected chi connectivity index (χ3v) is 5.61. The number of para-hydroxylation sites is 1. The molecule has 28 heavy (non-hydrogen) atoms. The molecule has 0 aromatic heterocycles. The van der Waals surface area contributed by atoms with Crippen LogP contribution < -0.4 is 10.1 Å². The Morgan fingerprint density at radius 2 is 2.11 bits per heavy atom. The van der Waals surface area contributed by atoms with Crippen molar-refractivity contribution < 1.29 is 14.5 Å². The van der Waals surface area contributed by atoms with Crippen LogP contribution >= 0.6 is 11.8 Å². The molecule has 0 bridgehead atoms. The van der Waals surface area contributed by atoms with Gasteiger partial charge >= 0.3 is 5.69 Å². The summed E-state index contributed by atoms with van der Waals surface area (Å²) in [6.45, 7) is 1.44. The standard InChI is InChI=1S/C20H23N3O4S/c1-27-19-8-7-15(11-18(19)23(25)26)13-28-14-20(24)22-10-9-17(12-22)21-16-5-3-2-4-6-16/h2-8,11,17,21H,9-10,12-14H2,1H3. The van der Waals surface area contributed by atoms with Crippen molar-refractivity contribution >= 4 is 29.0 Å². The number of carbonyl (C=O) groups is 1. The molecular formula is C20H23N3O4S. The Bertz CT molecular complexity index is 831. The Morgan fingerprint density at radius 1 is 1.32 bits per heavy atom. The maximum absolute atomic E-state index is 12.5. The summed E-state index contributed by atoms with van der Waals surface area (Å²) in [5, 5.41) is 14.6. The number of ether oxygens (including phenoxy) is 1. The van der Waals surface area contributed by atoms with Gasteiger partial charge in [-0.05, 0) is 30.2 Å². The molecule has 3 rings (SSSR count). The number of anilines is 1. The van der Waals surface area contributed by atoms with Gasteiger partial charge in [0.25, 0.3) is 0 Å². The lowest BCUT2D eigenvalue weighted by Gasteiger charge is -2.17. The predicted molar refractivity (Wildman–Crippen MR) is 111 cm³/mol. The zero-order valence-corrected chi connectivity index (χ0v) is 16.5. The van der Waals surface area contributed by atoms with E-state index in [1.165, 1.54) is 24.9 Å². The number of rotatable bonds is 8. The van der Waals surface area contributed by atoms with E-state index in [4.69, 9.17) is 4.74 Å². The number of nitrogens with zero attached hydrogens (tertiary/aromatic N) is 2. The van der Waals surface area contributed by atoms with Gasteiger partial charge in [-0.1, -0.05) is 24.3 Å². The highest BCUT2D eigenvalue weighted by Gasteiger charge is 2.26. The largest absolute Gasteiger partial charge is 0.490 e. The van der Waals surface area contributed by atoms with Crippen molar-refractivity contribution in [3.05, 3.63) is 64.2 Å². The summed E-state index contributed by atoms with van der Waals surface area (Å²) in [6, 6.07) is 15.1. The first-order valence-corrected chi connectivity index (χ1v) is 10.2. The molecule has 1 fully saturated rings. The monoisotopic (exact) mass is 401 g/mol. The van der Waals surface area contributed by atoms with Crippen molar-refractivity contribution in [2.75, 3.05) is 31.3 Å². The number of amides is 1. The number of methoxy groups -OCH3 is 1. The van der Waals surface area contributed by atoms with Crippen LogP contribution in [0.2, 0.25) is 0 Å². The summed E-state index contributed by atoms with van der Waals surface area (Å²) >= 11 is 1.47. The lowest BCUT2D eigenvalue weighted by Crippen LogP contribution is -2.32. The number of nitro benzene ring substituents is 1. The average molecular weight is 401 g/mol.